The van der Waals surface area contributed by atoms with Crippen molar-refractivity contribution >= 4 is 5.78 Å². The number of nitriles is 1. The first kappa shape index (κ1) is 25.5. The van der Waals surface area contributed by atoms with Gasteiger partial charge in [0.25, 0.3) is 0 Å². The third-order valence-corrected chi connectivity index (χ3v) is 8.62. The van der Waals surface area contributed by atoms with Crippen molar-refractivity contribution in [3.05, 3.63) is 54.1 Å². The molecule has 1 unspecified atom stereocenters. The van der Waals surface area contributed by atoms with Crippen molar-refractivity contribution in [2.45, 2.75) is 90.4 Å². The Morgan fingerprint density at radius 3 is 2.14 bits per heavy atom. The molecule has 4 rings (SSSR count). The highest BCUT2D eigenvalue weighted by molar-refractivity contribution is 5.82. The fourth-order valence-corrected chi connectivity index (χ4v) is 6.30. The summed E-state index contributed by atoms with van der Waals surface area (Å²) in [7, 11) is 0. The lowest BCUT2D eigenvalue weighted by atomic mass is 9.59. The lowest BCUT2D eigenvalue weighted by molar-refractivity contribution is -0.128. The van der Waals surface area contributed by atoms with Crippen molar-refractivity contribution < 1.29 is 9.53 Å². The summed E-state index contributed by atoms with van der Waals surface area (Å²) in [6, 6.07) is 20.1. The number of carbonyl (C=O) groups is 1. The summed E-state index contributed by atoms with van der Waals surface area (Å²) in [6.45, 7) is 5.10. The van der Waals surface area contributed by atoms with Crippen LogP contribution in [0, 0.1) is 28.6 Å². The molecule has 2 aromatic rings. The van der Waals surface area contributed by atoms with Gasteiger partial charge in [-0.2, -0.15) is 5.26 Å². The molecule has 186 valence electrons. The molecule has 0 N–H and O–H groups in total. The highest BCUT2D eigenvalue weighted by Gasteiger charge is 2.45. The predicted molar refractivity (Wildman–Crippen MR) is 142 cm³/mol. The molecule has 0 spiro atoms. The molecular formula is C32H41NO2. The Labute approximate surface area is 211 Å². The van der Waals surface area contributed by atoms with Crippen LogP contribution in [0.1, 0.15) is 96.0 Å². The van der Waals surface area contributed by atoms with E-state index >= 15 is 0 Å². The molecule has 0 bridgehead atoms. The summed E-state index contributed by atoms with van der Waals surface area (Å²) in [4.78, 5) is 12.7. The maximum atomic E-state index is 12.7. The zero-order valence-corrected chi connectivity index (χ0v) is 21.6. The Balaban J connectivity index is 1.34. The normalized spacial score (nSPS) is 26.8. The van der Waals surface area contributed by atoms with Crippen LogP contribution in [0.3, 0.4) is 0 Å². The highest BCUT2D eigenvalue weighted by Crippen LogP contribution is 2.51. The Morgan fingerprint density at radius 2 is 1.57 bits per heavy atom. The van der Waals surface area contributed by atoms with Crippen molar-refractivity contribution in [3.8, 4) is 22.9 Å². The monoisotopic (exact) mass is 471 g/mol. The topological polar surface area (TPSA) is 50.1 Å². The first-order valence-corrected chi connectivity index (χ1v) is 13.9. The summed E-state index contributed by atoms with van der Waals surface area (Å²) in [6.07, 6.45) is 10.9. The molecule has 0 aromatic heterocycles. The van der Waals surface area contributed by atoms with E-state index in [0.29, 0.717) is 18.1 Å². The van der Waals surface area contributed by atoms with Gasteiger partial charge in [0.1, 0.15) is 11.5 Å². The smallest absolute Gasteiger partial charge is 0.136 e. The van der Waals surface area contributed by atoms with Gasteiger partial charge >= 0.3 is 0 Å². The number of ether oxygens (including phenoxy) is 1. The summed E-state index contributed by atoms with van der Waals surface area (Å²) in [5.74, 6) is 2.35. The first-order valence-electron chi connectivity index (χ1n) is 13.9. The largest absolute Gasteiger partial charge is 0.494 e. The number of nitrogens with zero attached hydrogens (tertiary/aromatic N) is 1. The summed E-state index contributed by atoms with van der Waals surface area (Å²) >= 11 is 0. The molecule has 0 heterocycles. The van der Waals surface area contributed by atoms with E-state index in [4.69, 9.17) is 4.74 Å². The molecule has 3 nitrogen and oxygen atoms in total. The Kier molecular flexibility index (Phi) is 8.66. The van der Waals surface area contributed by atoms with Crippen LogP contribution in [-0.2, 0) is 4.79 Å². The summed E-state index contributed by atoms with van der Waals surface area (Å²) in [5, 5.41) is 10.2. The second kappa shape index (κ2) is 11.9. The molecule has 2 fully saturated rings. The van der Waals surface area contributed by atoms with Crippen molar-refractivity contribution in [2.24, 2.45) is 17.3 Å². The van der Waals surface area contributed by atoms with Crippen molar-refractivity contribution in [3.63, 3.8) is 0 Å². The van der Waals surface area contributed by atoms with Crippen LogP contribution in [0.15, 0.2) is 48.5 Å². The average Bonchev–Trinajstić information content (AvgIpc) is 2.91. The van der Waals surface area contributed by atoms with E-state index in [2.05, 4.69) is 68.4 Å². The Hall–Kier alpha value is -2.60. The zero-order chi connectivity index (χ0) is 24.7. The number of hydrogen-bond donors (Lipinski definition) is 0. The molecule has 3 heteroatoms. The number of rotatable bonds is 9. The van der Waals surface area contributed by atoms with Gasteiger partial charge in [0.15, 0.2) is 0 Å². The molecule has 2 aliphatic carbocycles. The van der Waals surface area contributed by atoms with Crippen LogP contribution in [0.4, 0.5) is 0 Å². The van der Waals surface area contributed by atoms with Crippen LogP contribution in [-0.4, -0.2) is 12.4 Å². The van der Waals surface area contributed by atoms with Gasteiger partial charge in [-0.15, -0.1) is 0 Å². The minimum atomic E-state index is -0.301. The molecule has 2 aliphatic rings. The van der Waals surface area contributed by atoms with Gasteiger partial charge in [-0.05, 0) is 92.0 Å². The van der Waals surface area contributed by atoms with Gasteiger partial charge in [-0.3, -0.25) is 4.79 Å². The van der Waals surface area contributed by atoms with Crippen LogP contribution in [0.5, 0.6) is 5.75 Å². The number of benzene rings is 2. The maximum absolute atomic E-state index is 12.7. The van der Waals surface area contributed by atoms with Crippen molar-refractivity contribution in [2.75, 3.05) is 6.61 Å². The van der Waals surface area contributed by atoms with E-state index in [1.165, 1.54) is 16.7 Å². The van der Waals surface area contributed by atoms with Gasteiger partial charge in [0.05, 0.1) is 18.1 Å². The second-order valence-electron chi connectivity index (χ2n) is 10.8. The van der Waals surface area contributed by atoms with E-state index in [9.17, 15) is 10.1 Å². The van der Waals surface area contributed by atoms with E-state index in [1.807, 2.05) is 0 Å². The van der Waals surface area contributed by atoms with Crippen molar-refractivity contribution in [1.29, 1.82) is 5.26 Å². The maximum Gasteiger partial charge on any atom is 0.136 e. The quantitative estimate of drug-likeness (QED) is 0.344. The van der Waals surface area contributed by atoms with Crippen molar-refractivity contribution in [1.82, 2.24) is 0 Å². The molecule has 0 radical (unpaired) electrons. The number of unbranched alkanes of at least 4 members (excludes halogenated alkanes) is 1. The van der Waals surface area contributed by atoms with Gasteiger partial charge in [-0.25, -0.2) is 0 Å². The summed E-state index contributed by atoms with van der Waals surface area (Å²) in [5.41, 5.74) is 3.50. The van der Waals surface area contributed by atoms with E-state index in [-0.39, 0.29) is 17.3 Å². The van der Waals surface area contributed by atoms with Gasteiger partial charge < -0.3 is 4.74 Å². The third-order valence-electron chi connectivity index (χ3n) is 8.62. The van der Waals surface area contributed by atoms with E-state index < -0.39 is 0 Å². The highest BCUT2D eigenvalue weighted by atomic mass is 16.5. The second-order valence-corrected chi connectivity index (χ2v) is 10.8. The van der Waals surface area contributed by atoms with Gasteiger partial charge in [-0.1, -0.05) is 63.1 Å². The van der Waals surface area contributed by atoms with E-state index in [1.54, 1.807) is 0 Å². The van der Waals surface area contributed by atoms with Crippen LogP contribution < -0.4 is 4.74 Å². The summed E-state index contributed by atoms with van der Waals surface area (Å²) < 4.78 is 5.79. The van der Waals surface area contributed by atoms with Crippen LogP contribution in [0.25, 0.3) is 11.1 Å². The molecule has 0 aliphatic heterocycles. The molecule has 0 amide bonds. The zero-order valence-electron chi connectivity index (χ0n) is 21.6. The lowest BCUT2D eigenvalue weighted by Crippen LogP contribution is -2.38. The average molecular weight is 472 g/mol. The molecule has 2 atom stereocenters. The standard InChI is InChI=1S/C32H41NO2/c1-3-5-21-35-30-15-12-26(13-16-30)24-7-9-25(10-8-24)27-17-19-32(23-33,20-18-27)29-14-11-28(6-4-2)31(34)22-29/h7-10,12-13,15-16,27-29H,3-6,11,14,17-22H2,1-2H3/t27?,28-,29?,32?/m1/s1. The lowest BCUT2D eigenvalue weighted by Gasteiger charge is -2.43. The number of Topliss-reactive ketones (excluding diaryl/α,β-unsaturated/α-hetero) is 1. The van der Waals surface area contributed by atoms with Gasteiger partial charge in [0.2, 0.25) is 0 Å². The SMILES string of the molecule is CCCCOc1ccc(-c2ccc(C3CCC(C#N)(C4CC[C@@H](CCC)C(=O)C4)CC3)cc2)cc1. The molecular weight excluding hydrogens is 430 g/mol. The molecule has 2 saturated carbocycles. The molecule has 35 heavy (non-hydrogen) atoms. The fraction of sp³-hybridized carbons (Fsp3) is 0.562. The minimum Gasteiger partial charge on any atom is -0.494 e. The molecule has 2 aromatic carbocycles. The minimum absolute atomic E-state index is 0.242. The number of ketones is 1. The van der Waals surface area contributed by atoms with Crippen LogP contribution >= 0.6 is 0 Å². The Morgan fingerprint density at radius 1 is 0.914 bits per heavy atom. The third kappa shape index (κ3) is 5.97. The fourth-order valence-electron chi connectivity index (χ4n) is 6.30. The van der Waals surface area contributed by atoms with E-state index in [0.717, 1.165) is 76.6 Å². The number of carbonyl (C=O) groups excluding carboxylic acids is 1. The van der Waals surface area contributed by atoms with Gasteiger partial charge in [0, 0.05) is 12.3 Å². The Bertz CT molecular complexity index is 993. The predicted octanol–water partition coefficient (Wildman–Crippen LogP) is 8.49. The first-order chi connectivity index (χ1) is 17.1. The molecule has 0 saturated heterocycles. The number of hydrogen-bond acceptors (Lipinski definition) is 3. The van der Waals surface area contributed by atoms with Crippen LogP contribution in [0.2, 0.25) is 0 Å².